The molecule has 1 saturated carbocycles. The van der Waals surface area contributed by atoms with Crippen molar-refractivity contribution in [2.24, 2.45) is 10.8 Å². The first-order valence-corrected chi connectivity index (χ1v) is 13.3. The van der Waals surface area contributed by atoms with Gasteiger partial charge in [0, 0.05) is 45.8 Å². The molecule has 0 radical (unpaired) electrons. The number of hydrogen-bond donors (Lipinski definition) is 2. The molecule has 0 aromatic rings. The molecule has 0 spiro atoms. The molecule has 4 rings (SSSR count). The Morgan fingerprint density at radius 2 is 1.15 bits per heavy atom. The van der Waals surface area contributed by atoms with E-state index in [0.29, 0.717) is 0 Å². The van der Waals surface area contributed by atoms with Crippen molar-refractivity contribution in [1.82, 2.24) is 10.6 Å². The molecule has 3 aliphatic heterocycles. The van der Waals surface area contributed by atoms with E-state index in [1.165, 1.54) is 0 Å². The van der Waals surface area contributed by atoms with Crippen molar-refractivity contribution >= 4 is 17.3 Å². The Bertz CT molecular complexity index is 752. The number of epoxide rings is 1. The third-order valence-corrected chi connectivity index (χ3v) is 8.71. The minimum atomic E-state index is -0.0743. The van der Waals surface area contributed by atoms with Crippen molar-refractivity contribution in [2.45, 2.75) is 155 Å². The lowest BCUT2D eigenvalue weighted by molar-refractivity contribution is -0.0638. The summed E-state index contributed by atoms with van der Waals surface area (Å²) in [4.78, 5) is 0. The molecule has 2 N–H and O–H groups in total. The maximum atomic E-state index is 6.47. The van der Waals surface area contributed by atoms with Crippen LogP contribution in [0.3, 0.4) is 0 Å². The van der Waals surface area contributed by atoms with Crippen LogP contribution in [0.4, 0.5) is 0 Å². The normalized spacial score (nSPS) is 41.8. The Morgan fingerprint density at radius 3 is 1.61 bits per heavy atom. The van der Waals surface area contributed by atoms with Crippen LogP contribution in [-0.4, -0.2) is 51.8 Å². The molecule has 5 nitrogen and oxygen atoms in total. The second-order valence-electron chi connectivity index (χ2n) is 14.9. The average Bonchev–Trinajstić information content (AvgIpc) is 3.26. The summed E-state index contributed by atoms with van der Waals surface area (Å²) in [7, 11) is 0. The van der Waals surface area contributed by atoms with Crippen LogP contribution < -0.4 is 10.6 Å². The third-order valence-electron chi connectivity index (χ3n) is 8.12. The number of rotatable bonds is 5. The van der Waals surface area contributed by atoms with Gasteiger partial charge in [0.05, 0.1) is 6.10 Å². The summed E-state index contributed by atoms with van der Waals surface area (Å²) in [5.41, 5.74) is 0.326. The Hall–Kier alpha value is -0.270. The average molecular weight is 481 g/mol. The number of ether oxygens (including phenoxy) is 3. The number of piperidine rings is 2. The summed E-state index contributed by atoms with van der Waals surface area (Å²) in [5.74, 6) is 0. The van der Waals surface area contributed by atoms with Gasteiger partial charge < -0.3 is 24.8 Å². The molecule has 4 aliphatic rings. The van der Waals surface area contributed by atoms with E-state index in [-0.39, 0.29) is 57.6 Å². The molecular formula is C27H48N2O3S. The first-order chi connectivity index (χ1) is 14.8. The van der Waals surface area contributed by atoms with Gasteiger partial charge in [0.15, 0.2) is 11.3 Å². The summed E-state index contributed by atoms with van der Waals surface area (Å²) in [5, 5.41) is 8.25. The van der Waals surface area contributed by atoms with Crippen molar-refractivity contribution in [2.75, 3.05) is 0 Å². The molecule has 3 heterocycles. The number of hydrogen-bond acceptors (Lipinski definition) is 6. The fraction of sp³-hybridized carbons (Fsp3) is 0.963. The van der Waals surface area contributed by atoms with E-state index < -0.39 is 0 Å². The number of thiocarbonyl (C=S) groups is 1. The summed E-state index contributed by atoms with van der Waals surface area (Å²) in [6.07, 6.45) is 6.50. The first-order valence-electron chi connectivity index (χ1n) is 12.9. The minimum Gasteiger partial charge on any atom is -0.483 e. The van der Waals surface area contributed by atoms with Crippen LogP contribution in [0.15, 0.2) is 0 Å². The van der Waals surface area contributed by atoms with E-state index in [1.54, 1.807) is 0 Å². The molecule has 6 heteroatoms. The van der Waals surface area contributed by atoms with Gasteiger partial charge in [0.2, 0.25) is 0 Å². The molecule has 0 amide bonds. The Kier molecular flexibility index (Phi) is 6.15. The highest BCUT2D eigenvalue weighted by Crippen LogP contribution is 2.62. The van der Waals surface area contributed by atoms with Crippen LogP contribution in [0.2, 0.25) is 0 Å². The van der Waals surface area contributed by atoms with Gasteiger partial charge >= 0.3 is 0 Å². The fourth-order valence-corrected chi connectivity index (χ4v) is 8.17. The molecule has 4 fully saturated rings. The van der Waals surface area contributed by atoms with Gasteiger partial charge in [0.1, 0.15) is 12.2 Å². The Balaban J connectivity index is 1.29. The smallest absolute Gasteiger partial charge is 0.185 e. The maximum absolute atomic E-state index is 6.47. The van der Waals surface area contributed by atoms with Crippen LogP contribution in [0.5, 0.6) is 0 Å². The molecule has 2 unspecified atom stereocenters. The second-order valence-corrected chi connectivity index (χ2v) is 15.3. The molecular weight excluding hydrogens is 432 g/mol. The Labute approximate surface area is 207 Å². The highest BCUT2D eigenvalue weighted by atomic mass is 32.1. The molecule has 33 heavy (non-hydrogen) atoms. The molecule has 0 aromatic carbocycles. The van der Waals surface area contributed by atoms with Gasteiger partial charge in [-0.05, 0) is 93.3 Å². The van der Waals surface area contributed by atoms with Gasteiger partial charge in [-0.3, -0.25) is 0 Å². The van der Waals surface area contributed by atoms with Crippen molar-refractivity contribution in [1.29, 1.82) is 0 Å². The minimum absolute atomic E-state index is 0.0568. The third kappa shape index (κ3) is 5.77. The molecule has 0 aromatic heterocycles. The highest BCUT2D eigenvalue weighted by Gasteiger charge is 2.64. The maximum Gasteiger partial charge on any atom is 0.185 e. The quantitative estimate of drug-likeness (QED) is 0.400. The second kappa shape index (κ2) is 7.86. The predicted octanol–water partition coefficient (Wildman–Crippen LogP) is 5.50. The zero-order valence-corrected chi connectivity index (χ0v) is 23.5. The highest BCUT2D eigenvalue weighted by molar-refractivity contribution is 7.80. The largest absolute Gasteiger partial charge is 0.483 e. The van der Waals surface area contributed by atoms with E-state index in [4.69, 9.17) is 26.4 Å². The van der Waals surface area contributed by atoms with Crippen LogP contribution >= 0.6 is 12.2 Å². The van der Waals surface area contributed by atoms with E-state index in [9.17, 15) is 0 Å². The zero-order chi connectivity index (χ0) is 24.7. The summed E-state index contributed by atoms with van der Waals surface area (Å²) in [6, 6.07) is 0. The van der Waals surface area contributed by atoms with Crippen LogP contribution in [0.25, 0.3) is 0 Å². The lowest BCUT2D eigenvalue weighted by Gasteiger charge is -2.53. The van der Waals surface area contributed by atoms with Gasteiger partial charge in [-0.15, -0.1) is 0 Å². The first kappa shape index (κ1) is 25.8. The fourth-order valence-electron chi connectivity index (χ4n) is 7.89. The van der Waals surface area contributed by atoms with Crippen molar-refractivity contribution in [3.05, 3.63) is 0 Å². The van der Waals surface area contributed by atoms with Gasteiger partial charge in [0.25, 0.3) is 0 Å². The summed E-state index contributed by atoms with van der Waals surface area (Å²) < 4.78 is 19.0. The zero-order valence-electron chi connectivity index (χ0n) is 22.7. The van der Waals surface area contributed by atoms with Crippen molar-refractivity contribution in [3.63, 3.8) is 0 Å². The Morgan fingerprint density at radius 1 is 0.727 bits per heavy atom. The van der Waals surface area contributed by atoms with Crippen LogP contribution in [-0.2, 0) is 14.2 Å². The molecule has 2 atom stereocenters. The van der Waals surface area contributed by atoms with Gasteiger partial charge in [-0.25, -0.2) is 0 Å². The van der Waals surface area contributed by atoms with Crippen LogP contribution in [0.1, 0.15) is 108 Å². The monoisotopic (exact) mass is 480 g/mol. The molecule has 190 valence electrons. The van der Waals surface area contributed by atoms with Gasteiger partial charge in [-0.1, -0.05) is 13.8 Å². The molecule has 1 aliphatic carbocycles. The van der Waals surface area contributed by atoms with Crippen molar-refractivity contribution in [3.8, 4) is 0 Å². The SMILES string of the molecule is CC1(C)CC(OC(=S)C2(C)CC(C)(C3OC3OC3CC(C)(C)NC(C)(C)C3)C2)CC(C)(C)N1. The van der Waals surface area contributed by atoms with Gasteiger partial charge in [-0.2, -0.15) is 0 Å². The molecule has 0 bridgehead atoms. The van der Waals surface area contributed by atoms with E-state index >= 15 is 0 Å². The van der Waals surface area contributed by atoms with Crippen molar-refractivity contribution < 1.29 is 14.2 Å². The predicted molar refractivity (Wildman–Crippen MR) is 138 cm³/mol. The summed E-state index contributed by atoms with van der Waals surface area (Å²) >= 11 is 5.87. The van der Waals surface area contributed by atoms with E-state index in [2.05, 4.69) is 79.9 Å². The standard InChI is InChI=1S/C27H48N2O3S/c1-22(2)11-17(12-23(3,4)28-22)30-20-19(32-20)26(9)15-27(10,16-26)21(33)31-18-13-24(5,6)29-25(7,8)14-18/h17-20,28-29H,11-16H2,1-10H3. The summed E-state index contributed by atoms with van der Waals surface area (Å²) in [6.45, 7) is 22.7. The topological polar surface area (TPSA) is 55.0 Å². The number of nitrogens with one attached hydrogen (secondary N) is 2. The van der Waals surface area contributed by atoms with Crippen LogP contribution in [0, 0.1) is 10.8 Å². The van der Waals surface area contributed by atoms with E-state index in [1.807, 2.05) is 0 Å². The lowest BCUT2D eigenvalue weighted by atomic mass is 9.53. The van der Waals surface area contributed by atoms with E-state index in [0.717, 1.165) is 43.6 Å². The molecule has 3 saturated heterocycles. The lowest BCUT2D eigenvalue weighted by Crippen LogP contribution is -2.60.